The Labute approximate surface area is 139 Å². The van der Waals surface area contributed by atoms with E-state index in [-0.39, 0.29) is 17.9 Å². The molecule has 2 aromatic rings. The maximum absolute atomic E-state index is 12.8. The van der Waals surface area contributed by atoms with E-state index < -0.39 is 21.7 Å². The number of sulfonamides is 1. The summed E-state index contributed by atoms with van der Waals surface area (Å²) >= 11 is 0. The number of anilines is 1. The molecule has 0 atom stereocenters. The highest BCUT2D eigenvalue weighted by molar-refractivity contribution is 7.89. The molecule has 0 aromatic heterocycles. The van der Waals surface area contributed by atoms with Crippen molar-refractivity contribution in [3.8, 4) is 6.07 Å². The van der Waals surface area contributed by atoms with E-state index in [1.165, 1.54) is 0 Å². The number of carbonyl (C=O) groups is 1. The van der Waals surface area contributed by atoms with Crippen molar-refractivity contribution in [1.82, 2.24) is 4.72 Å². The smallest absolute Gasteiger partial charge is 0.240 e. The highest BCUT2D eigenvalue weighted by Crippen LogP contribution is 2.14. The fraction of sp³-hybridized carbons (Fsp3) is 0.125. The fourth-order valence-electron chi connectivity index (χ4n) is 1.90. The minimum absolute atomic E-state index is 0.0841. The van der Waals surface area contributed by atoms with E-state index in [9.17, 15) is 17.6 Å². The molecule has 0 aliphatic rings. The summed E-state index contributed by atoms with van der Waals surface area (Å²) < 4.78 is 39.0. The first-order chi connectivity index (χ1) is 11.4. The lowest BCUT2D eigenvalue weighted by atomic mass is 10.2. The van der Waals surface area contributed by atoms with Crippen LogP contribution in [0.5, 0.6) is 0 Å². The van der Waals surface area contributed by atoms with Crippen LogP contribution in [-0.4, -0.2) is 20.9 Å². The van der Waals surface area contributed by atoms with E-state index in [2.05, 4.69) is 10.0 Å². The van der Waals surface area contributed by atoms with Crippen LogP contribution < -0.4 is 10.0 Å². The van der Waals surface area contributed by atoms with Gasteiger partial charge < -0.3 is 5.32 Å². The van der Waals surface area contributed by atoms with Gasteiger partial charge in [-0.1, -0.05) is 12.1 Å². The summed E-state index contributed by atoms with van der Waals surface area (Å²) in [7, 11) is -3.81. The van der Waals surface area contributed by atoms with Gasteiger partial charge in [-0.3, -0.25) is 4.79 Å². The predicted molar refractivity (Wildman–Crippen MR) is 86.0 cm³/mol. The first-order valence-corrected chi connectivity index (χ1v) is 8.45. The Bertz CT molecular complexity index is 874. The number of nitrogens with one attached hydrogen (secondary N) is 2. The summed E-state index contributed by atoms with van der Waals surface area (Å²) in [4.78, 5) is 11.8. The van der Waals surface area contributed by atoms with Gasteiger partial charge in [-0.25, -0.2) is 17.5 Å². The maximum atomic E-state index is 12.8. The van der Waals surface area contributed by atoms with Gasteiger partial charge >= 0.3 is 0 Å². The van der Waals surface area contributed by atoms with E-state index in [0.717, 1.165) is 24.3 Å². The number of nitrogens with zero attached hydrogens (tertiary/aromatic N) is 1. The van der Waals surface area contributed by atoms with Crippen LogP contribution in [0.3, 0.4) is 0 Å². The molecule has 0 bridgehead atoms. The van der Waals surface area contributed by atoms with Crippen molar-refractivity contribution in [3.63, 3.8) is 0 Å². The molecule has 124 valence electrons. The van der Waals surface area contributed by atoms with E-state index in [1.807, 2.05) is 6.07 Å². The quantitative estimate of drug-likeness (QED) is 0.835. The van der Waals surface area contributed by atoms with Gasteiger partial charge in [0.2, 0.25) is 15.9 Å². The standard InChI is InChI=1S/C16H14FN3O3S/c17-13-5-7-14(8-6-13)24(22,23)19-10-9-16(21)20-15-4-2-1-3-12(15)11-18/h1-8,19H,9-10H2,(H,20,21). The van der Waals surface area contributed by atoms with Crippen molar-refractivity contribution >= 4 is 21.6 Å². The maximum Gasteiger partial charge on any atom is 0.240 e. The van der Waals surface area contributed by atoms with Crippen LogP contribution >= 0.6 is 0 Å². The third-order valence-electron chi connectivity index (χ3n) is 3.09. The third-order valence-corrected chi connectivity index (χ3v) is 4.57. The highest BCUT2D eigenvalue weighted by atomic mass is 32.2. The topological polar surface area (TPSA) is 99.1 Å². The van der Waals surface area contributed by atoms with Crippen molar-refractivity contribution in [1.29, 1.82) is 5.26 Å². The summed E-state index contributed by atoms with van der Waals surface area (Å²) in [6.45, 7) is -0.125. The largest absolute Gasteiger partial charge is 0.325 e. The van der Waals surface area contributed by atoms with E-state index in [4.69, 9.17) is 5.26 Å². The summed E-state index contributed by atoms with van der Waals surface area (Å²) in [5.41, 5.74) is 0.684. The zero-order valence-corrected chi connectivity index (χ0v) is 13.3. The number of rotatable bonds is 6. The molecule has 0 aliphatic heterocycles. The lowest BCUT2D eigenvalue weighted by molar-refractivity contribution is -0.116. The molecule has 0 unspecified atom stereocenters. The van der Waals surface area contributed by atoms with Crippen LogP contribution in [0.15, 0.2) is 53.4 Å². The van der Waals surface area contributed by atoms with E-state index in [1.54, 1.807) is 24.3 Å². The molecule has 0 radical (unpaired) electrons. The van der Waals surface area contributed by atoms with E-state index in [0.29, 0.717) is 11.3 Å². The molecule has 0 saturated carbocycles. The van der Waals surface area contributed by atoms with Gasteiger partial charge in [0.15, 0.2) is 0 Å². The number of amides is 1. The number of hydrogen-bond donors (Lipinski definition) is 2. The molecule has 24 heavy (non-hydrogen) atoms. The summed E-state index contributed by atoms with van der Waals surface area (Å²) in [6.07, 6.45) is -0.111. The number of carbonyl (C=O) groups excluding carboxylic acids is 1. The lowest BCUT2D eigenvalue weighted by Crippen LogP contribution is -2.28. The molecule has 0 spiro atoms. The molecule has 0 saturated heterocycles. The number of nitriles is 1. The number of halogens is 1. The molecular formula is C16H14FN3O3S. The summed E-state index contributed by atoms with van der Waals surface area (Å²) in [5, 5.41) is 11.5. The molecule has 2 N–H and O–H groups in total. The Kier molecular flexibility index (Phi) is 5.63. The van der Waals surface area contributed by atoms with Crippen molar-refractivity contribution in [3.05, 3.63) is 59.9 Å². The van der Waals surface area contributed by atoms with Gasteiger partial charge in [-0.2, -0.15) is 5.26 Å². The molecule has 1 amide bonds. The Balaban J connectivity index is 1.90. The van der Waals surface area contributed by atoms with E-state index >= 15 is 0 Å². The summed E-state index contributed by atoms with van der Waals surface area (Å²) in [6, 6.07) is 12.8. The Morgan fingerprint density at radius 2 is 1.79 bits per heavy atom. The van der Waals surface area contributed by atoms with Crippen LogP contribution in [0, 0.1) is 17.1 Å². The first-order valence-electron chi connectivity index (χ1n) is 6.96. The molecule has 0 heterocycles. The van der Waals surface area contributed by atoms with Crippen LogP contribution in [0.1, 0.15) is 12.0 Å². The normalized spacial score (nSPS) is 10.8. The van der Waals surface area contributed by atoms with Gasteiger partial charge in [0.1, 0.15) is 11.9 Å². The second-order valence-corrected chi connectivity index (χ2v) is 6.57. The molecule has 0 fully saturated rings. The van der Waals surface area contributed by atoms with Crippen molar-refractivity contribution in [2.45, 2.75) is 11.3 Å². The van der Waals surface area contributed by atoms with Gasteiger partial charge in [-0.05, 0) is 36.4 Å². The molecule has 6 nitrogen and oxygen atoms in total. The zero-order valence-electron chi connectivity index (χ0n) is 12.5. The fourth-order valence-corrected chi connectivity index (χ4v) is 2.93. The second-order valence-electron chi connectivity index (χ2n) is 4.81. The number of para-hydroxylation sites is 1. The molecule has 2 aromatic carbocycles. The third kappa shape index (κ3) is 4.62. The number of benzene rings is 2. The molecular weight excluding hydrogens is 333 g/mol. The first kappa shape index (κ1) is 17.6. The molecule has 8 heteroatoms. The SMILES string of the molecule is N#Cc1ccccc1NC(=O)CCNS(=O)(=O)c1ccc(F)cc1. The van der Waals surface area contributed by atoms with Crippen LogP contribution in [0.25, 0.3) is 0 Å². The summed E-state index contributed by atoms with van der Waals surface area (Å²) in [5.74, 6) is -0.969. The Hall–Kier alpha value is -2.76. The zero-order chi connectivity index (χ0) is 17.6. The van der Waals surface area contributed by atoms with Crippen molar-refractivity contribution < 1.29 is 17.6 Å². The molecule has 0 aliphatic carbocycles. The van der Waals surface area contributed by atoms with Crippen molar-refractivity contribution in [2.24, 2.45) is 0 Å². The predicted octanol–water partition coefficient (Wildman–Crippen LogP) is 2.00. The van der Waals surface area contributed by atoms with Crippen LogP contribution in [-0.2, 0) is 14.8 Å². The average molecular weight is 347 g/mol. The molecule has 2 rings (SSSR count). The second kappa shape index (κ2) is 7.68. The minimum Gasteiger partial charge on any atom is -0.325 e. The van der Waals surface area contributed by atoms with Crippen molar-refractivity contribution in [2.75, 3.05) is 11.9 Å². The van der Waals surface area contributed by atoms with Gasteiger partial charge in [0, 0.05) is 13.0 Å². The monoisotopic (exact) mass is 347 g/mol. The van der Waals surface area contributed by atoms with Gasteiger partial charge in [0.25, 0.3) is 0 Å². The lowest BCUT2D eigenvalue weighted by Gasteiger charge is -2.08. The Morgan fingerprint density at radius 3 is 2.46 bits per heavy atom. The van der Waals surface area contributed by atoms with Gasteiger partial charge in [0.05, 0.1) is 16.1 Å². The Morgan fingerprint density at radius 1 is 1.12 bits per heavy atom. The van der Waals surface area contributed by atoms with Crippen LogP contribution in [0.2, 0.25) is 0 Å². The average Bonchev–Trinajstić information content (AvgIpc) is 2.55. The van der Waals surface area contributed by atoms with Gasteiger partial charge in [-0.15, -0.1) is 0 Å². The number of hydrogen-bond acceptors (Lipinski definition) is 4. The highest BCUT2D eigenvalue weighted by Gasteiger charge is 2.14. The van der Waals surface area contributed by atoms with Crippen LogP contribution in [0.4, 0.5) is 10.1 Å². The minimum atomic E-state index is -3.81.